The van der Waals surface area contributed by atoms with Crippen molar-refractivity contribution in [2.75, 3.05) is 17.3 Å². The summed E-state index contributed by atoms with van der Waals surface area (Å²) < 4.78 is 0. The lowest BCUT2D eigenvalue weighted by Crippen LogP contribution is -2.44. The maximum Gasteiger partial charge on any atom is 0.253 e. The van der Waals surface area contributed by atoms with E-state index < -0.39 is 11.9 Å². The van der Waals surface area contributed by atoms with Gasteiger partial charge in [0.2, 0.25) is 5.91 Å². The Morgan fingerprint density at radius 3 is 2.48 bits per heavy atom. The summed E-state index contributed by atoms with van der Waals surface area (Å²) in [5.41, 5.74) is 0.963. The molecule has 1 unspecified atom stereocenters. The highest BCUT2D eigenvalue weighted by molar-refractivity contribution is 7.98. The van der Waals surface area contributed by atoms with Crippen LogP contribution in [-0.4, -0.2) is 29.9 Å². The van der Waals surface area contributed by atoms with Crippen molar-refractivity contribution in [3.8, 4) is 0 Å². The van der Waals surface area contributed by atoms with Crippen molar-refractivity contribution in [1.29, 1.82) is 0 Å². The minimum absolute atomic E-state index is 0.244. The molecule has 0 aliphatic rings. The fourth-order valence-corrected chi connectivity index (χ4v) is 3.88. The summed E-state index contributed by atoms with van der Waals surface area (Å²) in [5.74, 6) is 0.0453. The Labute approximate surface area is 184 Å². The molecular formula is C22H20Cl2N2O2S. The van der Waals surface area contributed by atoms with Crippen LogP contribution in [0.15, 0.2) is 60.7 Å². The van der Waals surface area contributed by atoms with Gasteiger partial charge in [-0.05, 0) is 59.5 Å². The highest BCUT2D eigenvalue weighted by Crippen LogP contribution is 2.22. The summed E-state index contributed by atoms with van der Waals surface area (Å²) in [7, 11) is 0. The van der Waals surface area contributed by atoms with Crippen LogP contribution in [0.5, 0.6) is 0 Å². The number of anilines is 1. The fourth-order valence-electron chi connectivity index (χ4n) is 2.91. The van der Waals surface area contributed by atoms with Gasteiger partial charge < -0.3 is 10.6 Å². The molecule has 0 aliphatic heterocycles. The SMILES string of the molecule is CSCCC(NC(=O)c1ccc(Cl)cc1Cl)C(=O)Nc1ccc2ccccc2c1. The molecule has 3 aromatic carbocycles. The average Bonchev–Trinajstić information content (AvgIpc) is 2.70. The zero-order chi connectivity index (χ0) is 20.8. The second-order valence-corrected chi connectivity index (χ2v) is 8.31. The molecule has 29 heavy (non-hydrogen) atoms. The number of rotatable bonds is 7. The Morgan fingerprint density at radius 1 is 1.00 bits per heavy atom. The molecule has 0 saturated heterocycles. The molecule has 7 heteroatoms. The molecule has 3 aromatic rings. The van der Waals surface area contributed by atoms with Gasteiger partial charge in [0.05, 0.1) is 10.6 Å². The van der Waals surface area contributed by atoms with Gasteiger partial charge in [-0.3, -0.25) is 9.59 Å². The molecule has 0 spiro atoms. The van der Waals surface area contributed by atoms with Crippen LogP contribution in [0.25, 0.3) is 10.8 Å². The van der Waals surface area contributed by atoms with Crippen LogP contribution in [0.3, 0.4) is 0 Å². The van der Waals surface area contributed by atoms with Crippen molar-refractivity contribution in [2.24, 2.45) is 0 Å². The number of carbonyl (C=O) groups is 2. The van der Waals surface area contributed by atoms with E-state index in [-0.39, 0.29) is 16.5 Å². The molecular weight excluding hydrogens is 427 g/mol. The van der Waals surface area contributed by atoms with Gasteiger partial charge in [0.15, 0.2) is 0 Å². The van der Waals surface area contributed by atoms with Crippen molar-refractivity contribution in [3.05, 3.63) is 76.3 Å². The number of thioether (sulfide) groups is 1. The standard InChI is InChI=1S/C22H20Cl2N2O2S/c1-29-11-10-20(26-21(27)18-9-7-16(23)13-19(18)24)22(28)25-17-8-6-14-4-2-3-5-15(14)12-17/h2-9,12-13,20H,10-11H2,1H3,(H,25,28)(H,26,27). The van der Waals surface area contributed by atoms with Crippen LogP contribution in [0.2, 0.25) is 10.0 Å². The molecule has 2 amide bonds. The van der Waals surface area contributed by atoms with Crippen LogP contribution < -0.4 is 10.6 Å². The maximum absolute atomic E-state index is 12.9. The molecule has 0 heterocycles. The number of amides is 2. The van der Waals surface area contributed by atoms with Crippen molar-refractivity contribution in [1.82, 2.24) is 5.32 Å². The third-order valence-corrected chi connectivity index (χ3v) is 5.62. The lowest BCUT2D eigenvalue weighted by molar-refractivity contribution is -0.118. The lowest BCUT2D eigenvalue weighted by atomic mass is 10.1. The highest BCUT2D eigenvalue weighted by Gasteiger charge is 2.22. The van der Waals surface area contributed by atoms with Crippen LogP contribution in [-0.2, 0) is 4.79 Å². The number of fused-ring (bicyclic) bond motifs is 1. The van der Waals surface area contributed by atoms with Gasteiger partial charge in [0.25, 0.3) is 5.91 Å². The van der Waals surface area contributed by atoms with E-state index in [9.17, 15) is 9.59 Å². The van der Waals surface area contributed by atoms with Crippen molar-refractivity contribution < 1.29 is 9.59 Å². The summed E-state index contributed by atoms with van der Waals surface area (Å²) in [6, 6.07) is 17.6. The van der Waals surface area contributed by atoms with Gasteiger partial charge in [-0.2, -0.15) is 11.8 Å². The molecule has 2 N–H and O–H groups in total. The summed E-state index contributed by atoms with van der Waals surface area (Å²) in [5, 5.41) is 8.51. The van der Waals surface area contributed by atoms with Crippen LogP contribution in [0, 0.1) is 0 Å². The van der Waals surface area contributed by atoms with Gasteiger partial charge in [-0.25, -0.2) is 0 Å². The number of nitrogens with one attached hydrogen (secondary N) is 2. The Morgan fingerprint density at radius 2 is 1.76 bits per heavy atom. The topological polar surface area (TPSA) is 58.2 Å². The predicted octanol–water partition coefficient (Wildman–Crippen LogP) is 5.64. The first-order chi connectivity index (χ1) is 14.0. The molecule has 0 saturated carbocycles. The highest BCUT2D eigenvalue weighted by atomic mass is 35.5. The quantitative estimate of drug-likeness (QED) is 0.493. The molecule has 0 aromatic heterocycles. The van der Waals surface area contributed by atoms with Crippen molar-refractivity contribution >= 4 is 63.2 Å². The number of hydrogen-bond donors (Lipinski definition) is 2. The number of carbonyl (C=O) groups excluding carboxylic acids is 2. The van der Waals surface area contributed by atoms with Gasteiger partial charge in [-0.15, -0.1) is 0 Å². The molecule has 1 atom stereocenters. The number of hydrogen-bond acceptors (Lipinski definition) is 3. The summed E-state index contributed by atoms with van der Waals surface area (Å²) in [6.45, 7) is 0. The Kier molecular flexibility index (Phi) is 7.42. The van der Waals surface area contributed by atoms with E-state index in [0.717, 1.165) is 16.5 Å². The first-order valence-corrected chi connectivity index (χ1v) is 11.2. The monoisotopic (exact) mass is 446 g/mol. The molecule has 4 nitrogen and oxygen atoms in total. The van der Waals surface area contributed by atoms with Gasteiger partial charge in [-0.1, -0.05) is 53.5 Å². The zero-order valence-electron chi connectivity index (χ0n) is 15.7. The molecule has 150 valence electrons. The number of benzene rings is 3. The third-order valence-electron chi connectivity index (χ3n) is 4.43. The second kappa shape index (κ2) is 10.0. The molecule has 0 fully saturated rings. The van der Waals surface area contributed by atoms with Gasteiger partial charge in [0.1, 0.15) is 6.04 Å². The van der Waals surface area contributed by atoms with Crippen LogP contribution in [0.1, 0.15) is 16.8 Å². The molecule has 0 radical (unpaired) electrons. The van der Waals surface area contributed by atoms with Gasteiger partial charge >= 0.3 is 0 Å². The van der Waals surface area contributed by atoms with Crippen molar-refractivity contribution in [2.45, 2.75) is 12.5 Å². The molecule has 0 bridgehead atoms. The number of halogens is 2. The Balaban J connectivity index is 1.75. The van der Waals surface area contributed by atoms with E-state index in [1.807, 2.05) is 48.7 Å². The van der Waals surface area contributed by atoms with E-state index in [4.69, 9.17) is 23.2 Å². The third kappa shape index (κ3) is 5.66. The maximum atomic E-state index is 12.9. The van der Waals surface area contributed by atoms with Crippen LogP contribution in [0.4, 0.5) is 5.69 Å². The second-order valence-electron chi connectivity index (χ2n) is 6.48. The first-order valence-electron chi connectivity index (χ1n) is 9.02. The molecule has 0 aliphatic carbocycles. The first kappa shape index (κ1) is 21.5. The normalized spacial score (nSPS) is 11.8. The van der Waals surface area contributed by atoms with E-state index in [0.29, 0.717) is 17.1 Å². The van der Waals surface area contributed by atoms with Crippen molar-refractivity contribution in [3.63, 3.8) is 0 Å². The van der Waals surface area contributed by atoms with Crippen LogP contribution >= 0.6 is 35.0 Å². The van der Waals surface area contributed by atoms with E-state index >= 15 is 0 Å². The lowest BCUT2D eigenvalue weighted by Gasteiger charge is -2.19. The van der Waals surface area contributed by atoms with E-state index in [2.05, 4.69) is 10.6 Å². The largest absolute Gasteiger partial charge is 0.340 e. The Bertz CT molecular complexity index is 1040. The average molecular weight is 447 g/mol. The minimum atomic E-state index is -0.687. The predicted molar refractivity (Wildman–Crippen MR) is 123 cm³/mol. The van der Waals surface area contributed by atoms with E-state index in [1.54, 1.807) is 23.9 Å². The van der Waals surface area contributed by atoms with Gasteiger partial charge in [0, 0.05) is 10.7 Å². The van der Waals surface area contributed by atoms with E-state index in [1.165, 1.54) is 6.07 Å². The summed E-state index contributed by atoms with van der Waals surface area (Å²) >= 11 is 13.6. The molecule has 3 rings (SSSR count). The summed E-state index contributed by atoms with van der Waals surface area (Å²) in [4.78, 5) is 25.5. The smallest absolute Gasteiger partial charge is 0.253 e. The zero-order valence-corrected chi connectivity index (χ0v) is 18.1. The minimum Gasteiger partial charge on any atom is -0.340 e. The fraction of sp³-hybridized carbons (Fsp3) is 0.182. The Hall–Kier alpha value is -2.21. The summed E-state index contributed by atoms with van der Waals surface area (Å²) in [6.07, 6.45) is 2.45.